The maximum atomic E-state index is 12.6. The molecule has 1 aromatic rings. The number of carbonyl (C=O) groups excluding carboxylic acids is 1. The second-order valence-corrected chi connectivity index (χ2v) is 6.30. The number of hydrogen-bond donors (Lipinski definition) is 1. The zero-order chi connectivity index (χ0) is 15.2. The van der Waals surface area contributed by atoms with Crippen LogP contribution in [0.1, 0.15) is 16.3 Å². The molecule has 0 aromatic carbocycles. The molecule has 2 heterocycles. The van der Waals surface area contributed by atoms with Crippen LogP contribution in [0.5, 0.6) is 0 Å². The van der Waals surface area contributed by atoms with Crippen molar-refractivity contribution in [1.82, 2.24) is 15.2 Å². The van der Waals surface area contributed by atoms with Gasteiger partial charge in [-0.05, 0) is 13.8 Å². The molecular formula is C12H18ClF2N3OS. The second kappa shape index (κ2) is 7.85. The minimum absolute atomic E-state index is 0.0614. The van der Waals surface area contributed by atoms with Crippen LogP contribution in [0.3, 0.4) is 0 Å². The van der Waals surface area contributed by atoms with Gasteiger partial charge in [0.05, 0.1) is 11.6 Å². The van der Waals surface area contributed by atoms with Gasteiger partial charge >= 0.3 is 0 Å². The Kier molecular flexibility index (Phi) is 6.78. The van der Waals surface area contributed by atoms with E-state index in [0.717, 1.165) is 9.88 Å². The molecule has 114 valence electrons. The first-order valence-electron chi connectivity index (χ1n) is 6.21. The molecule has 20 heavy (non-hydrogen) atoms. The number of halogens is 3. The number of aryl methyl sites for hydroxylation is 2. The van der Waals surface area contributed by atoms with Gasteiger partial charge < -0.3 is 5.32 Å². The lowest BCUT2D eigenvalue weighted by atomic mass is 10.3. The largest absolute Gasteiger partial charge is 0.357 e. The van der Waals surface area contributed by atoms with Gasteiger partial charge in [0.2, 0.25) is 6.41 Å². The quantitative estimate of drug-likeness (QED) is 0.683. The lowest BCUT2D eigenvalue weighted by Gasteiger charge is -2.14. The van der Waals surface area contributed by atoms with Crippen molar-refractivity contribution in [1.29, 1.82) is 0 Å². The van der Waals surface area contributed by atoms with Gasteiger partial charge in [-0.25, -0.2) is 13.8 Å². The second-order valence-electron chi connectivity index (χ2n) is 4.53. The molecule has 4 nitrogen and oxygen atoms in total. The number of nitrogens with one attached hydrogen (secondary N) is 1. The van der Waals surface area contributed by atoms with E-state index in [-0.39, 0.29) is 13.0 Å². The predicted octanol–water partition coefficient (Wildman–Crippen LogP) is 2.49. The molecule has 0 radical (unpaired) electrons. The van der Waals surface area contributed by atoms with Gasteiger partial charge in [0.1, 0.15) is 5.15 Å². The fourth-order valence-electron chi connectivity index (χ4n) is 1.78. The van der Waals surface area contributed by atoms with Crippen molar-refractivity contribution in [2.75, 3.05) is 26.2 Å². The predicted molar refractivity (Wildman–Crippen MR) is 76.7 cm³/mol. The summed E-state index contributed by atoms with van der Waals surface area (Å²) in [6.45, 7) is 5.12. The zero-order valence-electron chi connectivity index (χ0n) is 11.5. The van der Waals surface area contributed by atoms with Crippen LogP contribution in [-0.4, -0.2) is 48.4 Å². The van der Waals surface area contributed by atoms with Crippen LogP contribution < -0.4 is 5.32 Å². The summed E-state index contributed by atoms with van der Waals surface area (Å²) in [5, 5.41) is 4.12. The molecule has 1 aliphatic heterocycles. The van der Waals surface area contributed by atoms with E-state index in [1.807, 2.05) is 13.8 Å². The Morgan fingerprint density at radius 1 is 1.55 bits per heavy atom. The molecule has 1 aliphatic rings. The third kappa shape index (κ3) is 6.11. The maximum absolute atomic E-state index is 12.6. The fraction of sp³-hybridized carbons (Fsp3) is 0.667. The normalized spacial score (nSPS) is 17.4. The number of rotatable bonds is 4. The Morgan fingerprint density at radius 2 is 2.25 bits per heavy atom. The molecule has 1 amide bonds. The van der Waals surface area contributed by atoms with Gasteiger partial charge in [-0.1, -0.05) is 11.6 Å². The molecule has 1 N–H and O–H groups in total. The van der Waals surface area contributed by atoms with Crippen LogP contribution in [0.4, 0.5) is 8.78 Å². The summed E-state index contributed by atoms with van der Waals surface area (Å²) in [6.07, 6.45) is 0.516. The van der Waals surface area contributed by atoms with Crippen LogP contribution in [-0.2, 0) is 4.79 Å². The third-order valence-corrected chi connectivity index (χ3v) is 4.12. The van der Waals surface area contributed by atoms with Gasteiger partial charge in [-0.3, -0.25) is 9.69 Å². The number of carbonyl (C=O) groups is 1. The molecule has 0 aliphatic carbocycles. The average Bonchev–Trinajstić information content (AvgIpc) is 2.83. The number of amides is 1. The fourth-order valence-corrected chi connectivity index (χ4v) is 2.79. The Labute approximate surface area is 126 Å². The number of thiazole rings is 1. The Balaban J connectivity index is 0.000000217. The lowest BCUT2D eigenvalue weighted by molar-refractivity contribution is -0.109. The van der Waals surface area contributed by atoms with Crippen molar-refractivity contribution >= 4 is 29.3 Å². The molecular weight excluding hydrogens is 308 g/mol. The number of hydrogen-bond acceptors (Lipinski definition) is 4. The standard InChI is InChI=1S/C7H12F2N2O.C5H6ClNS/c8-7(9)1-3-11(5-7)4-2-10-6-12;1-3-5(6)7-4(2)8-3/h6H,1-5H2,(H,10,12);1-2H3. The average molecular weight is 326 g/mol. The third-order valence-electron chi connectivity index (χ3n) is 2.75. The van der Waals surface area contributed by atoms with Crippen LogP contribution in [0.2, 0.25) is 5.15 Å². The minimum Gasteiger partial charge on any atom is -0.357 e. The van der Waals surface area contributed by atoms with Crippen LogP contribution in [0.15, 0.2) is 0 Å². The monoisotopic (exact) mass is 325 g/mol. The van der Waals surface area contributed by atoms with E-state index in [0.29, 0.717) is 31.2 Å². The first-order valence-corrected chi connectivity index (χ1v) is 7.40. The molecule has 1 aromatic heterocycles. The van der Waals surface area contributed by atoms with E-state index >= 15 is 0 Å². The van der Waals surface area contributed by atoms with Crippen LogP contribution in [0, 0.1) is 13.8 Å². The highest BCUT2D eigenvalue weighted by Gasteiger charge is 2.37. The molecule has 8 heteroatoms. The van der Waals surface area contributed by atoms with Gasteiger partial charge in [-0.2, -0.15) is 0 Å². The molecule has 0 spiro atoms. The molecule has 1 saturated heterocycles. The molecule has 0 unspecified atom stereocenters. The number of likely N-dealkylation sites (tertiary alicyclic amines) is 1. The van der Waals surface area contributed by atoms with E-state index in [1.165, 1.54) is 0 Å². The number of nitrogens with zero attached hydrogens (tertiary/aromatic N) is 2. The molecule has 0 atom stereocenters. The summed E-state index contributed by atoms with van der Waals surface area (Å²) in [6, 6.07) is 0. The zero-order valence-corrected chi connectivity index (χ0v) is 13.0. The Morgan fingerprint density at radius 3 is 2.60 bits per heavy atom. The van der Waals surface area contributed by atoms with Crippen LogP contribution >= 0.6 is 22.9 Å². The van der Waals surface area contributed by atoms with Gasteiger partial charge in [0, 0.05) is 30.9 Å². The van der Waals surface area contributed by atoms with E-state index in [1.54, 1.807) is 16.2 Å². The Hall–Kier alpha value is -0.790. The first-order chi connectivity index (χ1) is 9.34. The summed E-state index contributed by atoms with van der Waals surface area (Å²) in [4.78, 5) is 16.6. The summed E-state index contributed by atoms with van der Waals surface area (Å²) < 4.78 is 25.1. The van der Waals surface area contributed by atoms with Crippen molar-refractivity contribution in [3.8, 4) is 0 Å². The molecule has 2 rings (SSSR count). The van der Waals surface area contributed by atoms with E-state index < -0.39 is 5.92 Å². The number of alkyl halides is 2. The van der Waals surface area contributed by atoms with Gasteiger partial charge in [-0.15, -0.1) is 11.3 Å². The maximum Gasteiger partial charge on any atom is 0.261 e. The van der Waals surface area contributed by atoms with E-state index in [4.69, 9.17) is 11.6 Å². The summed E-state index contributed by atoms with van der Waals surface area (Å²) in [7, 11) is 0. The first kappa shape index (κ1) is 17.3. The summed E-state index contributed by atoms with van der Waals surface area (Å²) in [5.74, 6) is -2.53. The SMILES string of the molecule is Cc1nc(Cl)c(C)s1.O=CNCCN1CCC(F)(F)C1. The van der Waals surface area contributed by atoms with Crippen molar-refractivity contribution in [3.05, 3.63) is 15.0 Å². The highest BCUT2D eigenvalue weighted by Crippen LogP contribution is 2.26. The Bertz CT molecular complexity index is 423. The van der Waals surface area contributed by atoms with E-state index in [9.17, 15) is 13.6 Å². The molecule has 0 saturated carbocycles. The van der Waals surface area contributed by atoms with Crippen molar-refractivity contribution in [3.63, 3.8) is 0 Å². The van der Waals surface area contributed by atoms with Crippen molar-refractivity contribution in [2.24, 2.45) is 0 Å². The topological polar surface area (TPSA) is 45.2 Å². The minimum atomic E-state index is -2.53. The smallest absolute Gasteiger partial charge is 0.261 e. The van der Waals surface area contributed by atoms with Crippen molar-refractivity contribution in [2.45, 2.75) is 26.2 Å². The van der Waals surface area contributed by atoms with Crippen molar-refractivity contribution < 1.29 is 13.6 Å². The van der Waals surface area contributed by atoms with E-state index in [2.05, 4.69) is 10.3 Å². The van der Waals surface area contributed by atoms with Gasteiger partial charge in [0.15, 0.2) is 0 Å². The highest BCUT2D eigenvalue weighted by molar-refractivity contribution is 7.12. The lowest BCUT2D eigenvalue weighted by Crippen LogP contribution is -2.31. The highest BCUT2D eigenvalue weighted by atomic mass is 35.5. The summed E-state index contributed by atoms with van der Waals surface area (Å²) in [5.41, 5.74) is 0. The summed E-state index contributed by atoms with van der Waals surface area (Å²) >= 11 is 7.25. The molecule has 1 fully saturated rings. The number of aromatic nitrogens is 1. The van der Waals surface area contributed by atoms with Gasteiger partial charge in [0.25, 0.3) is 5.92 Å². The van der Waals surface area contributed by atoms with Crippen LogP contribution in [0.25, 0.3) is 0 Å². The molecule has 0 bridgehead atoms.